The second-order valence-electron chi connectivity index (χ2n) is 4.71. The Kier molecular flexibility index (Phi) is 3.66. The molecule has 2 N–H and O–H groups in total. The van der Waals surface area contributed by atoms with Gasteiger partial charge in [-0.1, -0.05) is 6.07 Å². The zero-order chi connectivity index (χ0) is 13.9. The van der Waals surface area contributed by atoms with Gasteiger partial charge >= 0.3 is 0 Å². The first-order valence-electron chi connectivity index (χ1n) is 6.51. The van der Waals surface area contributed by atoms with E-state index in [-0.39, 0.29) is 12.1 Å². The number of aryl methyl sites for hydroxylation is 1. The molecule has 20 heavy (non-hydrogen) atoms. The van der Waals surface area contributed by atoms with E-state index < -0.39 is 0 Å². The highest BCUT2D eigenvalue weighted by Crippen LogP contribution is 2.27. The van der Waals surface area contributed by atoms with Gasteiger partial charge in [0, 0.05) is 36.7 Å². The van der Waals surface area contributed by atoms with Gasteiger partial charge in [-0.25, -0.2) is 9.97 Å². The molecule has 0 aliphatic carbocycles. The topological polar surface area (TPSA) is 58.5 Å². The molecule has 6 heteroatoms. The smallest absolute Gasteiger partial charge is 0.131 e. The molecule has 104 valence electrons. The van der Waals surface area contributed by atoms with Crippen LogP contribution < -0.4 is 5.32 Å². The number of thiophene rings is 1. The van der Waals surface area contributed by atoms with E-state index in [1.807, 2.05) is 30.2 Å². The lowest BCUT2D eigenvalue weighted by Crippen LogP contribution is -2.27. The zero-order valence-electron chi connectivity index (χ0n) is 11.4. The summed E-state index contributed by atoms with van der Waals surface area (Å²) in [6.45, 7) is 2.10. The molecule has 0 fully saturated rings. The zero-order valence-corrected chi connectivity index (χ0v) is 12.3. The van der Waals surface area contributed by atoms with Gasteiger partial charge in [0.25, 0.3) is 0 Å². The summed E-state index contributed by atoms with van der Waals surface area (Å²) < 4.78 is 2.05. The normalized spacial score (nSPS) is 14.3. The molecule has 3 rings (SSSR count). The molecule has 5 nitrogen and oxygen atoms in total. The van der Waals surface area contributed by atoms with Crippen molar-refractivity contribution < 1.29 is 0 Å². The lowest BCUT2D eigenvalue weighted by molar-refractivity contribution is 0.480. The summed E-state index contributed by atoms with van der Waals surface area (Å²) in [6.07, 6.45) is 7.41. The number of nitrogens with zero attached hydrogens (tertiary/aromatic N) is 3. The minimum absolute atomic E-state index is 0.0649. The number of imidazole rings is 2. The average molecular weight is 287 g/mol. The Balaban J connectivity index is 1.89. The van der Waals surface area contributed by atoms with Crippen LogP contribution in [0.2, 0.25) is 0 Å². The van der Waals surface area contributed by atoms with Gasteiger partial charge in [0.15, 0.2) is 0 Å². The molecule has 2 atom stereocenters. The van der Waals surface area contributed by atoms with Crippen molar-refractivity contribution in [2.45, 2.75) is 19.0 Å². The van der Waals surface area contributed by atoms with Crippen LogP contribution in [-0.2, 0) is 7.05 Å². The lowest BCUT2D eigenvalue weighted by Gasteiger charge is -2.21. The van der Waals surface area contributed by atoms with Gasteiger partial charge in [-0.15, -0.1) is 11.3 Å². The minimum atomic E-state index is 0.0649. The van der Waals surface area contributed by atoms with Crippen LogP contribution in [0, 0.1) is 0 Å². The maximum atomic E-state index is 4.48. The second kappa shape index (κ2) is 5.60. The number of aromatic amines is 1. The van der Waals surface area contributed by atoms with Gasteiger partial charge in [-0.2, -0.15) is 0 Å². The molecule has 0 spiro atoms. The van der Waals surface area contributed by atoms with Crippen LogP contribution >= 0.6 is 11.3 Å². The summed E-state index contributed by atoms with van der Waals surface area (Å²) in [5.41, 5.74) is 0. The third-order valence-corrected chi connectivity index (χ3v) is 4.23. The van der Waals surface area contributed by atoms with Crippen molar-refractivity contribution in [3.8, 4) is 0 Å². The highest BCUT2D eigenvalue weighted by Gasteiger charge is 2.22. The summed E-state index contributed by atoms with van der Waals surface area (Å²) in [7, 11) is 2.02. The summed E-state index contributed by atoms with van der Waals surface area (Å²) in [5.74, 6) is 1.94. The van der Waals surface area contributed by atoms with E-state index in [2.05, 4.69) is 44.7 Å². The standard InChI is InChI=1S/C14H17N5S/c1-10(13-15-5-6-16-13)18-12(11-4-3-9-20-11)14-17-7-8-19(14)2/h3-10,12,18H,1-2H3,(H,15,16). The van der Waals surface area contributed by atoms with Crippen molar-refractivity contribution in [3.05, 3.63) is 58.8 Å². The summed E-state index contributed by atoms with van der Waals surface area (Å²) in [5, 5.41) is 5.69. The van der Waals surface area contributed by atoms with Crippen molar-refractivity contribution in [3.63, 3.8) is 0 Å². The number of rotatable bonds is 5. The van der Waals surface area contributed by atoms with Gasteiger partial charge in [-0.3, -0.25) is 5.32 Å². The molecule has 0 saturated carbocycles. The fraction of sp³-hybridized carbons (Fsp3) is 0.286. The Morgan fingerprint density at radius 1 is 1.35 bits per heavy atom. The number of nitrogens with one attached hydrogen (secondary N) is 2. The van der Waals surface area contributed by atoms with Crippen LogP contribution in [0.25, 0.3) is 0 Å². The summed E-state index contributed by atoms with van der Waals surface area (Å²) in [4.78, 5) is 13.2. The quantitative estimate of drug-likeness (QED) is 0.758. The van der Waals surface area contributed by atoms with Gasteiger partial charge in [-0.05, 0) is 18.4 Å². The third-order valence-electron chi connectivity index (χ3n) is 3.29. The molecule has 3 aromatic heterocycles. The first-order valence-corrected chi connectivity index (χ1v) is 7.39. The van der Waals surface area contributed by atoms with E-state index >= 15 is 0 Å². The van der Waals surface area contributed by atoms with Crippen LogP contribution in [0.5, 0.6) is 0 Å². The Hall–Kier alpha value is -1.92. The predicted molar refractivity (Wildman–Crippen MR) is 79.5 cm³/mol. The van der Waals surface area contributed by atoms with E-state index in [1.165, 1.54) is 4.88 Å². The molecule has 0 aliphatic rings. The number of H-pyrrole nitrogens is 1. The molecule has 0 aliphatic heterocycles. The third kappa shape index (κ3) is 2.52. The molecule has 3 aromatic rings. The number of hydrogen-bond acceptors (Lipinski definition) is 4. The first kappa shape index (κ1) is 13.1. The van der Waals surface area contributed by atoms with Crippen LogP contribution in [0.4, 0.5) is 0 Å². The maximum absolute atomic E-state index is 4.48. The Labute approximate surface area is 121 Å². The minimum Gasteiger partial charge on any atom is -0.347 e. The Morgan fingerprint density at radius 2 is 2.25 bits per heavy atom. The molecule has 3 heterocycles. The summed E-state index contributed by atoms with van der Waals surface area (Å²) in [6, 6.07) is 4.38. The van der Waals surface area contributed by atoms with Crippen molar-refractivity contribution in [1.29, 1.82) is 0 Å². The molecule has 0 aromatic carbocycles. The molecule has 0 radical (unpaired) electrons. The van der Waals surface area contributed by atoms with Crippen molar-refractivity contribution in [1.82, 2.24) is 24.8 Å². The van der Waals surface area contributed by atoms with Crippen LogP contribution in [-0.4, -0.2) is 19.5 Å². The fourth-order valence-electron chi connectivity index (χ4n) is 2.24. The van der Waals surface area contributed by atoms with Crippen molar-refractivity contribution in [2.24, 2.45) is 7.05 Å². The predicted octanol–water partition coefficient (Wildman–Crippen LogP) is 2.64. The maximum Gasteiger partial charge on any atom is 0.131 e. The van der Waals surface area contributed by atoms with E-state index in [0.29, 0.717) is 0 Å². The molecular weight excluding hydrogens is 270 g/mol. The van der Waals surface area contributed by atoms with Gasteiger partial charge < -0.3 is 9.55 Å². The van der Waals surface area contributed by atoms with E-state index in [0.717, 1.165) is 11.6 Å². The monoisotopic (exact) mass is 287 g/mol. The van der Waals surface area contributed by atoms with Gasteiger partial charge in [0.05, 0.1) is 6.04 Å². The van der Waals surface area contributed by atoms with Crippen LogP contribution in [0.1, 0.15) is 35.5 Å². The van der Waals surface area contributed by atoms with Gasteiger partial charge in [0.1, 0.15) is 17.7 Å². The van der Waals surface area contributed by atoms with E-state index in [4.69, 9.17) is 0 Å². The highest BCUT2D eigenvalue weighted by molar-refractivity contribution is 7.10. The number of hydrogen-bond donors (Lipinski definition) is 2. The van der Waals surface area contributed by atoms with Crippen LogP contribution in [0.3, 0.4) is 0 Å². The lowest BCUT2D eigenvalue weighted by atomic mass is 10.2. The molecule has 2 unspecified atom stereocenters. The SMILES string of the molecule is CC(NC(c1cccs1)c1nccn1C)c1ncc[nH]1. The number of aromatic nitrogens is 4. The summed E-state index contributed by atoms with van der Waals surface area (Å²) >= 11 is 1.73. The molecular formula is C14H17N5S. The molecule has 0 amide bonds. The van der Waals surface area contributed by atoms with E-state index in [1.54, 1.807) is 17.5 Å². The van der Waals surface area contributed by atoms with Crippen LogP contribution in [0.15, 0.2) is 42.3 Å². The fourth-order valence-corrected chi connectivity index (χ4v) is 3.02. The van der Waals surface area contributed by atoms with E-state index in [9.17, 15) is 0 Å². The largest absolute Gasteiger partial charge is 0.347 e. The van der Waals surface area contributed by atoms with Gasteiger partial charge in [0.2, 0.25) is 0 Å². The first-order chi connectivity index (χ1) is 9.75. The molecule has 0 saturated heterocycles. The highest BCUT2D eigenvalue weighted by atomic mass is 32.1. The average Bonchev–Trinajstić information content (AvgIpc) is 3.18. The second-order valence-corrected chi connectivity index (χ2v) is 5.69. The Bertz CT molecular complexity index is 641. The molecule has 0 bridgehead atoms. The Morgan fingerprint density at radius 3 is 2.85 bits per heavy atom. The van der Waals surface area contributed by atoms with Crippen molar-refractivity contribution in [2.75, 3.05) is 0 Å². The van der Waals surface area contributed by atoms with Crippen molar-refractivity contribution >= 4 is 11.3 Å².